The second-order valence-corrected chi connectivity index (χ2v) is 4.82. The lowest BCUT2D eigenvalue weighted by Crippen LogP contribution is -2.21. The van der Waals surface area contributed by atoms with Gasteiger partial charge in [0.1, 0.15) is 12.2 Å². The Morgan fingerprint density at radius 1 is 1.28 bits per heavy atom. The Morgan fingerprint density at radius 2 is 2.06 bits per heavy atom. The second kappa shape index (κ2) is 5.31. The molecule has 0 saturated carbocycles. The smallest absolute Gasteiger partial charge is 0.149 e. The fourth-order valence-corrected chi connectivity index (χ4v) is 1.96. The van der Waals surface area contributed by atoms with Crippen LogP contribution in [0.15, 0.2) is 24.5 Å². The maximum Gasteiger partial charge on any atom is 0.149 e. The Morgan fingerprint density at radius 3 is 2.67 bits per heavy atom. The standard InChI is InChI=1S/C14H20N4/c1-10-5-6-13(7-11(10)2)8-15-12(3)14-17-16-9-18(14)4/h5-7,9,12,15H,8H2,1-4H3. The topological polar surface area (TPSA) is 42.7 Å². The summed E-state index contributed by atoms with van der Waals surface area (Å²) in [6.45, 7) is 7.22. The van der Waals surface area contributed by atoms with Crippen molar-refractivity contribution in [2.75, 3.05) is 0 Å². The highest BCUT2D eigenvalue weighted by Crippen LogP contribution is 2.12. The summed E-state index contributed by atoms with van der Waals surface area (Å²) in [5.74, 6) is 0.957. The number of rotatable bonds is 4. The zero-order chi connectivity index (χ0) is 13.1. The maximum absolute atomic E-state index is 4.11. The van der Waals surface area contributed by atoms with Crippen molar-refractivity contribution in [1.29, 1.82) is 0 Å². The third-order valence-electron chi connectivity index (χ3n) is 3.32. The third-order valence-corrected chi connectivity index (χ3v) is 3.32. The molecule has 1 aromatic heterocycles. The lowest BCUT2D eigenvalue weighted by molar-refractivity contribution is 0.528. The summed E-state index contributed by atoms with van der Waals surface area (Å²) in [5, 5.41) is 11.5. The van der Waals surface area contributed by atoms with E-state index in [2.05, 4.69) is 54.5 Å². The van der Waals surface area contributed by atoms with Gasteiger partial charge in [-0.3, -0.25) is 0 Å². The van der Waals surface area contributed by atoms with Crippen molar-refractivity contribution in [1.82, 2.24) is 20.1 Å². The SMILES string of the molecule is Cc1ccc(CNC(C)c2nncn2C)cc1C. The second-order valence-electron chi connectivity index (χ2n) is 4.82. The molecule has 0 amide bonds. The zero-order valence-electron chi connectivity index (χ0n) is 11.4. The fraction of sp³-hybridized carbons (Fsp3) is 0.429. The van der Waals surface area contributed by atoms with Crippen LogP contribution in [0.5, 0.6) is 0 Å². The van der Waals surface area contributed by atoms with Crippen LogP contribution in [0.3, 0.4) is 0 Å². The predicted molar refractivity (Wildman–Crippen MR) is 72.2 cm³/mol. The van der Waals surface area contributed by atoms with Crippen LogP contribution >= 0.6 is 0 Å². The largest absolute Gasteiger partial charge is 0.319 e. The molecule has 4 nitrogen and oxygen atoms in total. The van der Waals surface area contributed by atoms with Gasteiger partial charge in [0.2, 0.25) is 0 Å². The Labute approximate surface area is 108 Å². The van der Waals surface area contributed by atoms with E-state index >= 15 is 0 Å². The van der Waals surface area contributed by atoms with Crippen LogP contribution in [0.2, 0.25) is 0 Å². The van der Waals surface area contributed by atoms with Crippen molar-refractivity contribution in [3.63, 3.8) is 0 Å². The monoisotopic (exact) mass is 244 g/mol. The van der Waals surface area contributed by atoms with E-state index in [1.807, 2.05) is 11.6 Å². The van der Waals surface area contributed by atoms with Gasteiger partial charge in [-0.1, -0.05) is 18.2 Å². The minimum atomic E-state index is 0.194. The van der Waals surface area contributed by atoms with E-state index in [0.717, 1.165) is 12.4 Å². The summed E-state index contributed by atoms with van der Waals surface area (Å²) in [7, 11) is 1.96. The van der Waals surface area contributed by atoms with Gasteiger partial charge in [0.15, 0.2) is 0 Å². The summed E-state index contributed by atoms with van der Waals surface area (Å²) in [6.07, 6.45) is 1.73. The van der Waals surface area contributed by atoms with Crippen molar-refractivity contribution in [2.45, 2.75) is 33.4 Å². The molecule has 4 heteroatoms. The molecule has 96 valence electrons. The highest BCUT2D eigenvalue weighted by molar-refractivity contribution is 5.29. The van der Waals surface area contributed by atoms with Crippen LogP contribution in [0.4, 0.5) is 0 Å². The average Bonchev–Trinajstić information content (AvgIpc) is 2.77. The van der Waals surface area contributed by atoms with E-state index in [1.165, 1.54) is 16.7 Å². The molecule has 2 rings (SSSR count). The molecule has 0 aliphatic heterocycles. The molecule has 1 atom stereocenters. The number of hydrogen-bond donors (Lipinski definition) is 1. The molecule has 0 aliphatic rings. The molecule has 0 bridgehead atoms. The molecular weight excluding hydrogens is 224 g/mol. The van der Waals surface area contributed by atoms with Crippen molar-refractivity contribution in [3.8, 4) is 0 Å². The maximum atomic E-state index is 4.11. The minimum absolute atomic E-state index is 0.194. The van der Waals surface area contributed by atoms with Gasteiger partial charge in [0.05, 0.1) is 6.04 Å². The van der Waals surface area contributed by atoms with Crippen molar-refractivity contribution in [2.24, 2.45) is 7.05 Å². The molecule has 0 saturated heterocycles. The molecule has 0 fully saturated rings. The molecule has 0 spiro atoms. The number of nitrogens with one attached hydrogen (secondary N) is 1. The third kappa shape index (κ3) is 2.76. The Bertz CT molecular complexity index is 530. The van der Waals surface area contributed by atoms with Crippen LogP contribution in [-0.4, -0.2) is 14.8 Å². The van der Waals surface area contributed by atoms with Gasteiger partial charge in [-0.15, -0.1) is 10.2 Å². The van der Waals surface area contributed by atoms with E-state index in [1.54, 1.807) is 6.33 Å². The molecule has 1 heterocycles. The van der Waals surface area contributed by atoms with Gasteiger partial charge in [0.25, 0.3) is 0 Å². The summed E-state index contributed by atoms with van der Waals surface area (Å²) >= 11 is 0. The Balaban J connectivity index is 1.99. The van der Waals surface area contributed by atoms with Gasteiger partial charge in [-0.25, -0.2) is 0 Å². The highest BCUT2D eigenvalue weighted by Gasteiger charge is 2.10. The van der Waals surface area contributed by atoms with Gasteiger partial charge >= 0.3 is 0 Å². The predicted octanol–water partition coefficient (Wildman–Crippen LogP) is 2.28. The average molecular weight is 244 g/mol. The number of benzene rings is 1. The number of aryl methyl sites for hydroxylation is 3. The van der Waals surface area contributed by atoms with E-state index < -0.39 is 0 Å². The zero-order valence-corrected chi connectivity index (χ0v) is 11.4. The lowest BCUT2D eigenvalue weighted by atomic mass is 10.1. The number of aromatic nitrogens is 3. The minimum Gasteiger partial charge on any atom is -0.319 e. The summed E-state index contributed by atoms with van der Waals surface area (Å²) < 4.78 is 1.94. The quantitative estimate of drug-likeness (QED) is 0.897. The summed E-state index contributed by atoms with van der Waals surface area (Å²) in [4.78, 5) is 0. The molecular formula is C14H20N4. The lowest BCUT2D eigenvalue weighted by Gasteiger charge is -2.13. The van der Waals surface area contributed by atoms with Gasteiger partial charge < -0.3 is 9.88 Å². The first kappa shape index (κ1) is 12.8. The van der Waals surface area contributed by atoms with Crippen LogP contribution in [0, 0.1) is 13.8 Å². The van der Waals surface area contributed by atoms with Crippen molar-refractivity contribution >= 4 is 0 Å². The van der Waals surface area contributed by atoms with Gasteiger partial charge in [-0.2, -0.15) is 0 Å². The van der Waals surface area contributed by atoms with Gasteiger partial charge in [0, 0.05) is 13.6 Å². The van der Waals surface area contributed by atoms with Crippen LogP contribution < -0.4 is 5.32 Å². The summed E-state index contributed by atoms with van der Waals surface area (Å²) in [6, 6.07) is 6.75. The first-order valence-corrected chi connectivity index (χ1v) is 6.21. The van der Waals surface area contributed by atoms with E-state index in [-0.39, 0.29) is 6.04 Å². The first-order chi connectivity index (χ1) is 8.58. The van der Waals surface area contributed by atoms with Gasteiger partial charge in [-0.05, 0) is 37.5 Å². The summed E-state index contributed by atoms with van der Waals surface area (Å²) in [5.41, 5.74) is 3.97. The normalized spacial score (nSPS) is 12.7. The number of nitrogens with zero attached hydrogens (tertiary/aromatic N) is 3. The molecule has 0 radical (unpaired) electrons. The van der Waals surface area contributed by atoms with Crippen LogP contribution in [0.1, 0.15) is 35.5 Å². The van der Waals surface area contributed by atoms with E-state index in [0.29, 0.717) is 0 Å². The molecule has 0 aliphatic carbocycles. The molecule has 18 heavy (non-hydrogen) atoms. The van der Waals surface area contributed by atoms with Crippen molar-refractivity contribution < 1.29 is 0 Å². The molecule has 1 unspecified atom stereocenters. The Kier molecular flexibility index (Phi) is 3.77. The molecule has 1 aromatic carbocycles. The fourth-order valence-electron chi connectivity index (χ4n) is 1.96. The van der Waals surface area contributed by atoms with Crippen LogP contribution in [-0.2, 0) is 13.6 Å². The van der Waals surface area contributed by atoms with E-state index in [9.17, 15) is 0 Å². The molecule has 2 aromatic rings. The number of hydrogen-bond acceptors (Lipinski definition) is 3. The van der Waals surface area contributed by atoms with Crippen molar-refractivity contribution in [3.05, 3.63) is 47.0 Å². The molecule has 1 N–H and O–H groups in total. The highest BCUT2D eigenvalue weighted by atomic mass is 15.3. The first-order valence-electron chi connectivity index (χ1n) is 6.21. The van der Waals surface area contributed by atoms with E-state index in [4.69, 9.17) is 0 Å². The Hall–Kier alpha value is -1.68. The van der Waals surface area contributed by atoms with Crippen LogP contribution in [0.25, 0.3) is 0 Å².